The molecular formula is C11H16N4O. The molecule has 2 heterocycles. The number of imidazole rings is 1. The first-order chi connectivity index (χ1) is 7.79. The lowest BCUT2D eigenvalue weighted by molar-refractivity contribution is 0.294. The highest BCUT2D eigenvalue weighted by atomic mass is 16.5. The minimum absolute atomic E-state index is 0.533. The molecule has 0 bridgehead atoms. The molecule has 2 aromatic rings. The predicted molar refractivity (Wildman–Crippen MR) is 60.1 cm³/mol. The lowest BCUT2D eigenvalue weighted by Gasteiger charge is -2.06. The zero-order valence-electron chi connectivity index (χ0n) is 9.63. The first-order valence-corrected chi connectivity index (χ1v) is 5.40. The Kier molecular flexibility index (Phi) is 3.24. The molecule has 0 aliphatic rings. The molecule has 0 aliphatic carbocycles. The summed E-state index contributed by atoms with van der Waals surface area (Å²) in [7, 11) is 1.87. The van der Waals surface area contributed by atoms with Crippen LogP contribution < -0.4 is 4.74 Å². The summed E-state index contributed by atoms with van der Waals surface area (Å²) in [6, 6.07) is 0. The maximum atomic E-state index is 5.61. The van der Waals surface area contributed by atoms with Crippen LogP contribution >= 0.6 is 0 Å². The summed E-state index contributed by atoms with van der Waals surface area (Å²) in [5.41, 5.74) is 1.09. The first kappa shape index (κ1) is 10.7. The smallest absolute Gasteiger partial charge is 0.157 e. The number of ether oxygens (including phenoxy) is 1. The maximum absolute atomic E-state index is 5.61. The molecule has 0 saturated carbocycles. The average molecular weight is 220 g/mol. The van der Waals surface area contributed by atoms with Crippen LogP contribution in [0.2, 0.25) is 0 Å². The summed E-state index contributed by atoms with van der Waals surface area (Å²) in [4.78, 5) is 4.12. The van der Waals surface area contributed by atoms with Gasteiger partial charge >= 0.3 is 0 Å². The summed E-state index contributed by atoms with van der Waals surface area (Å²) < 4.78 is 9.44. The Balaban J connectivity index is 1.96. The topological polar surface area (TPSA) is 44.9 Å². The molecule has 0 radical (unpaired) electrons. The van der Waals surface area contributed by atoms with E-state index < -0.39 is 0 Å². The predicted octanol–water partition coefficient (Wildman–Crippen LogP) is 1.61. The Labute approximate surface area is 94.7 Å². The quantitative estimate of drug-likeness (QED) is 0.769. The normalized spacial score (nSPS) is 10.6. The summed E-state index contributed by atoms with van der Waals surface area (Å²) >= 11 is 0. The monoisotopic (exact) mass is 220 g/mol. The number of aromatic nitrogens is 4. The van der Waals surface area contributed by atoms with Crippen molar-refractivity contribution in [1.29, 1.82) is 0 Å². The summed E-state index contributed by atoms with van der Waals surface area (Å²) in [5.74, 6) is 0.784. The van der Waals surface area contributed by atoms with Crippen LogP contribution in [0.1, 0.15) is 19.0 Å². The zero-order chi connectivity index (χ0) is 11.4. The number of hydrogen-bond donors (Lipinski definition) is 0. The van der Waals surface area contributed by atoms with Gasteiger partial charge < -0.3 is 9.30 Å². The Hall–Kier alpha value is -1.78. The van der Waals surface area contributed by atoms with Gasteiger partial charge in [-0.05, 0) is 6.42 Å². The number of nitrogens with zero attached hydrogens (tertiary/aromatic N) is 4. The fourth-order valence-electron chi connectivity index (χ4n) is 1.54. The molecule has 0 spiro atoms. The molecule has 5 heteroatoms. The van der Waals surface area contributed by atoms with Crippen LogP contribution in [0.25, 0.3) is 0 Å². The minimum Gasteiger partial charge on any atom is -0.484 e. The summed E-state index contributed by atoms with van der Waals surface area (Å²) in [6.45, 7) is 3.66. The van der Waals surface area contributed by atoms with E-state index in [1.807, 2.05) is 25.8 Å². The van der Waals surface area contributed by atoms with Crippen LogP contribution in [-0.2, 0) is 20.2 Å². The van der Waals surface area contributed by atoms with E-state index in [1.54, 1.807) is 10.9 Å². The third-order valence-electron chi connectivity index (χ3n) is 2.33. The van der Waals surface area contributed by atoms with E-state index in [-0.39, 0.29) is 0 Å². The Morgan fingerprint density at radius 3 is 2.94 bits per heavy atom. The summed E-state index contributed by atoms with van der Waals surface area (Å²) in [5, 5.41) is 4.04. The van der Waals surface area contributed by atoms with Gasteiger partial charge in [-0.3, -0.25) is 4.68 Å². The molecular weight excluding hydrogens is 204 g/mol. The van der Waals surface area contributed by atoms with Gasteiger partial charge in [0.25, 0.3) is 0 Å². The standard InChI is InChI=1S/C11H16N4O/c1-3-4-15-9-12-5-10(15)8-16-11-6-13-14(2)7-11/h5-7,9H,3-4,8H2,1-2H3. The third kappa shape index (κ3) is 2.42. The van der Waals surface area contributed by atoms with Gasteiger partial charge in [-0.25, -0.2) is 4.98 Å². The highest BCUT2D eigenvalue weighted by molar-refractivity contribution is 5.12. The first-order valence-electron chi connectivity index (χ1n) is 5.40. The molecule has 0 amide bonds. The van der Waals surface area contributed by atoms with Gasteiger partial charge in [0.2, 0.25) is 0 Å². The number of hydrogen-bond acceptors (Lipinski definition) is 3. The molecule has 0 atom stereocenters. The largest absolute Gasteiger partial charge is 0.484 e. The van der Waals surface area contributed by atoms with Gasteiger partial charge in [-0.2, -0.15) is 5.10 Å². The van der Waals surface area contributed by atoms with E-state index in [0.29, 0.717) is 6.61 Å². The van der Waals surface area contributed by atoms with Gasteiger partial charge in [0.1, 0.15) is 6.61 Å². The van der Waals surface area contributed by atoms with E-state index >= 15 is 0 Å². The molecule has 0 unspecified atom stereocenters. The highest BCUT2D eigenvalue weighted by Gasteiger charge is 2.03. The van der Waals surface area contributed by atoms with Crippen molar-refractivity contribution in [3.8, 4) is 5.75 Å². The Morgan fingerprint density at radius 1 is 1.38 bits per heavy atom. The van der Waals surface area contributed by atoms with Gasteiger partial charge in [-0.1, -0.05) is 6.92 Å². The van der Waals surface area contributed by atoms with Crippen LogP contribution in [0.3, 0.4) is 0 Å². The second-order valence-electron chi connectivity index (χ2n) is 3.72. The van der Waals surface area contributed by atoms with Crippen molar-refractivity contribution in [2.75, 3.05) is 0 Å². The van der Waals surface area contributed by atoms with Crippen molar-refractivity contribution in [3.05, 3.63) is 30.6 Å². The van der Waals surface area contributed by atoms with E-state index in [2.05, 4.69) is 21.6 Å². The molecule has 0 N–H and O–H groups in total. The van der Waals surface area contributed by atoms with Crippen LogP contribution in [0.5, 0.6) is 5.75 Å². The van der Waals surface area contributed by atoms with Crippen LogP contribution in [0.15, 0.2) is 24.9 Å². The lowest BCUT2D eigenvalue weighted by atomic mass is 10.4. The zero-order valence-corrected chi connectivity index (χ0v) is 9.63. The molecule has 5 nitrogen and oxygen atoms in total. The van der Waals surface area contributed by atoms with Gasteiger partial charge in [0, 0.05) is 13.6 Å². The summed E-state index contributed by atoms with van der Waals surface area (Å²) in [6.07, 6.45) is 8.33. The van der Waals surface area contributed by atoms with Gasteiger partial charge in [0.15, 0.2) is 5.75 Å². The second kappa shape index (κ2) is 4.83. The third-order valence-corrected chi connectivity index (χ3v) is 2.33. The highest BCUT2D eigenvalue weighted by Crippen LogP contribution is 2.10. The van der Waals surface area contributed by atoms with Crippen LogP contribution in [0, 0.1) is 0 Å². The van der Waals surface area contributed by atoms with E-state index in [9.17, 15) is 0 Å². The van der Waals surface area contributed by atoms with Crippen molar-refractivity contribution >= 4 is 0 Å². The second-order valence-corrected chi connectivity index (χ2v) is 3.72. The van der Waals surface area contributed by atoms with Crippen LogP contribution in [0.4, 0.5) is 0 Å². The van der Waals surface area contributed by atoms with Crippen LogP contribution in [-0.4, -0.2) is 19.3 Å². The van der Waals surface area contributed by atoms with Crippen molar-refractivity contribution in [2.24, 2.45) is 7.05 Å². The van der Waals surface area contributed by atoms with E-state index in [1.165, 1.54) is 0 Å². The molecule has 16 heavy (non-hydrogen) atoms. The molecule has 0 aliphatic heterocycles. The fraction of sp³-hybridized carbons (Fsp3) is 0.455. The van der Waals surface area contributed by atoms with E-state index in [4.69, 9.17) is 4.74 Å². The Morgan fingerprint density at radius 2 is 2.25 bits per heavy atom. The SMILES string of the molecule is CCCn1cncc1COc1cnn(C)c1. The fourth-order valence-corrected chi connectivity index (χ4v) is 1.54. The molecule has 0 saturated heterocycles. The van der Waals surface area contributed by atoms with E-state index in [0.717, 1.165) is 24.4 Å². The molecule has 0 aromatic carbocycles. The van der Waals surface area contributed by atoms with Gasteiger partial charge in [-0.15, -0.1) is 0 Å². The van der Waals surface area contributed by atoms with Crippen molar-refractivity contribution in [1.82, 2.24) is 19.3 Å². The molecule has 2 aromatic heterocycles. The Bertz CT molecular complexity index is 446. The lowest BCUT2D eigenvalue weighted by Crippen LogP contribution is -2.04. The molecule has 2 rings (SSSR count). The maximum Gasteiger partial charge on any atom is 0.157 e. The molecule has 0 fully saturated rings. The van der Waals surface area contributed by atoms with Crippen molar-refractivity contribution < 1.29 is 4.74 Å². The minimum atomic E-state index is 0.533. The van der Waals surface area contributed by atoms with Crippen molar-refractivity contribution in [3.63, 3.8) is 0 Å². The van der Waals surface area contributed by atoms with Crippen molar-refractivity contribution in [2.45, 2.75) is 26.5 Å². The number of aryl methyl sites for hydroxylation is 2. The van der Waals surface area contributed by atoms with Gasteiger partial charge in [0.05, 0.1) is 30.6 Å². The number of rotatable bonds is 5. The molecule has 86 valence electrons. The average Bonchev–Trinajstić information content (AvgIpc) is 2.85.